The van der Waals surface area contributed by atoms with Gasteiger partial charge in [-0.15, -0.1) is 0 Å². The number of rotatable bonds is 2. The fourth-order valence-electron chi connectivity index (χ4n) is 1.36. The minimum atomic E-state index is -0.397. The molecular weight excluding hydrogens is 233 g/mol. The molecule has 0 spiro atoms. The van der Waals surface area contributed by atoms with Crippen molar-refractivity contribution < 1.29 is 9.18 Å². The first-order valence-corrected chi connectivity index (χ1v) is 5.11. The second-order valence-electron chi connectivity index (χ2n) is 3.54. The maximum absolute atomic E-state index is 12.7. The molecule has 1 aromatic carbocycles. The van der Waals surface area contributed by atoms with E-state index in [2.05, 4.69) is 10.3 Å². The summed E-state index contributed by atoms with van der Waals surface area (Å²) in [5.41, 5.74) is 1.06. The number of carbonyl (C=O) groups is 1. The second-order valence-corrected chi connectivity index (χ2v) is 3.54. The molecule has 0 aliphatic carbocycles. The lowest BCUT2D eigenvalue weighted by molar-refractivity contribution is 0.102. The topological polar surface area (TPSA) is 65.8 Å². The third-order valence-electron chi connectivity index (χ3n) is 2.23. The van der Waals surface area contributed by atoms with Crippen LogP contribution >= 0.6 is 0 Å². The Bertz CT molecular complexity index is 617. The molecule has 0 saturated heterocycles. The van der Waals surface area contributed by atoms with Crippen molar-refractivity contribution in [2.24, 2.45) is 0 Å². The quantitative estimate of drug-likeness (QED) is 0.877. The Morgan fingerprint density at radius 1 is 1.28 bits per heavy atom. The number of halogens is 1. The lowest BCUT2D eigenvalue weighted by atomic mass is 10.2. The monoisotopic (exact) mass is 241 g/mol. The highest BCUT2D eigenvalue weighted by atomic mass is 19.1. The van der Waals surface area contributed by atoms with Gasteiger partial charge in [0.1, 0.15) is 11.9 Å². The van der Waals surface area contributed by atoms with Crippen LogP contribution in [0.5, 0.6) is 0 Å². The van der Waals surface area contributed by atoms with Crippen LogP contribution in [0.25, 0.3) is 0 Å². The molecule has 1 N–H and O–H groups in total. The van der Waals surface area contributed by atoms with Gasteiger partial charge in [-0.25, -0.2) is 4.39 Å². The summed E-state index contributed by atoms with van der Waals surface area (Å²) in [4.78, 5) is 15.6. The van der Waals surface area contributed by atoms with Crippen molar-refractivity contribution in [3.63, 3.8) is 0 Å². The smallest absolute Gasteiger partial charge is 0.257 e. The number of nitriles is 1. The van der Waals surface area contributed by atoms with Crippen LogP contribution in [0.3, 0.4) is 0 Å². The molecule has 18 heavy (non-hydrogen) atoms. The van der Waals surface area contributed by atoms with Gasteiger partial charge in [0.25, 0.3) is 5.91 Å². The van der Waals surface area contributed by atoms with Gasteiger partial charge in [0.2, 0.25) is 0 Å². The van der Waals surface area contributed by atoms with Crippen LogP contribution < -0.4 is 5.32 Å². The summed E-state index contributed by atoms with van der Waals surface area (Å²) in [5.74, 6) is -0.771. The number of nitrogens with zero attached hydrogens (tertiary/aromatic N) is 2. The standard InChI is InChI=1S/C13H8FN3O/c14-11-1-3-12(4-2-11)17-13(18)10-5-9(6-15)7-16-8-10/h1-5,7-8H,(H,17,18). The number of hydrogen-bond donors (Lipinski definition) is 1. The molecule has 5 heteroatoms. The van der Waals surface area contributed by atoms with Gasteiger partial charge < -0.3 is 5.32 Å². The van der Waals surface area contributed by atoms with Crippen LogP contribution in [0.2, 0.25) is 0 Å². The molecule has 0 atom stereocenters. The van der Waals surface area contributed by atoms with E-state index in [1.807, 2.05) is 6.07 Å². The van der Waals surface area contributed by atoms with Crippen molar-refractivity contribution in [2.75, 3.05) is 5.32 Å². The number of benzene rings is 1. The fraction of sp³-hybridized carbons (Fsp3) is 0. The molecule has 0 fully saturated rings. The van der Waals surface area contributed by atoms with Crippen molar-refractivity contribution in [3.05, 3.63) is 59.7 Å². The summed E-state index contributed by atoms with van der Waals surface area (Å²) in [5, 5.41) is 11.3. The van der Waals surface area contributed by atoms with E-state index in [1.54, 1.807) is 0 Å². The van der Waals surface area contributed by atoms with Crippen molar-refractivity contribution in [3.8, 4) is 6.07 Å². The van der Waals surface area contributed by atoms with Crippen LogP contribution in [0.15, 0.2) is 42.7 Å². The van der Waals surface area contributed by atoms with Crippen LogP contribution in [0, 0.1) is 17.1 Å². The molecule has 2 aromatic rings. The molecule has 0 aliphatic heterocycles. The van der Waals surface area contributed by atoms with E-state index in [-0.39, 0.29) is 11.4 Å². The highest BCUT2D eigenvalue weighted by molar-refractivity contribution is 6.04. The normalized spacial score (nSPS) is 9.56. The fourth-order valence-corrected chi connectivity index (χ4v) is 1.36. The zero-order valence-electron chi connectivity index (χ0n) is 9.22. The molecule has 0 aliphatic rings. The van der Waals surface area contributed by atoms with Crippen molar-refractivity contribution in [1.82, 2.24) is 4.98 Å². The average molecular weight is 241 g/mol. The van der Waals surface area contributed by atoms with E-state index in [0.717, 1.165) is 0 Å². The summed E-state index contributed by atoms with van der Waals surface area (Å²) >= 11 is 0. The predicted octanol–water partition coefficient (Wildman–Crippen LogP) is 2.34. The second kappa shape index (κ2) is 5.06. The largest absolute Gasteiger partial charge is 0.322 e. The predicted molar refractivity (Wildman–Crippen MR) is 63.3 cm³/mol. The van der Waals surface area contributed by atoms with Gasteiger partial charge in [0, 0.05) is 18.1 Å². The zero-order chi connectivity index (χ0) is 13.0. The first-order valence-electron chi connectivity index (χ1n) is 5.11. The minimum absolute atomic E-state index is 0.276. The molecular formula is C13H8FN3O. The summed E-state index contributed by atoms with van der Waals surface area (Å²) in [6.07, 6.45) is 2.73. The van der Waals surface area contributed by atoms with Crippen molar-refractivity contribution in [1.29, 1.82) is 5.26 Å². The van der Waals surface area contributed by atoms with E-state index < -0.39 is 5.91 Å². The Hall–Kier alpha value is -2.74. The Morgan fingerprint density at radius 2 is 2.00 bits per heavy atom. The van der Waals surface area contributed by atoms with Crippen molar-refractivity contribution in [2.45, 2.75) is 0 Å². The van der Waals surface area contributed by atoms with E-state index >= 15 is 0 Å². The lowest BCUT2D eigenvalue weighted by Gasteiger charge is -2.04. The Labute approximate surface area is 103 Å². The van der Waals surface area contributed by atoms with Gasteiger partial charge in [-0.2, -0.15) is 5.26 Å². The van der Waals surface area contributed by atoms with Crippen LogP contribution in [-0.4, -0.2) is 10.9 Å². The maximum atomic E-state index is 12.7. The highest BCUT2D eigenvalue weighted by Crippen LogP contribution is 2.10. The SMILES string of the molecule is N#Cc1cncc(C(=O)Nc2ccc(F)cc2)c1. The van der Waals surface area contributed by atoms with Gasteiger partial charge in [-0.3, -0.25) is 9.78 Å². The van der Waals surface area contributed by atoms with Gasteiger partial charge >= 0.3 is 0 Å². The van der Waals surface area contributed by atoms with Gasteiger partial charge in [-0.05, 0) is 30.3 Å². The number of carbonyl (C=O) groups excluding carboxylic acids is 1. The number of pyridine rings is 1. The van der Waals surface area contributed by atoms with Gasteiger partial charge in [0.05, 0.1) is 11.1 Å². The molecule has 0 saturated carbocycles. The number of hydrogen-bond acceptors (Lipinski definition) is 3. The Balaban J connectivity index is 2.17. The van der Waals surface area contributed by atoms with E-state index in [1.165, 1.54) is 42.7 Å². The minimum Gasteiger partial charge on any atom is -0.322 e. The number of anilines is 1. The van der Waals surface area contributed by atoms with Crippen molar-refractivity contribution >= 4 is 11.6 Å². The molecule has 1 aromatic heterocycles. The molecule has 0 bridgehead atoms. The third kappa shape index (κ3) is 2.68. The lowest BCUT2D eigenvalue weighted by Crippen LogP contribution is -2.12. The van der Waals surface area contributed by atoms with E-state index in [0.29, 0.717) is 11.3 Å². The number of nitrogens with one attached hydrogen (secondary N) is 1. The summed E-state index contributed by atoms with van der Waals surface area (Å²) < 4.78 is 12.7. The summed E-state index contributed by atoms with van der Waals surface area (Å²) in [7, 11) is 0. The Kier molecular flexibility index (Phi) is 3.30. The van der Waals surface area contributed by atoms with Crippen LogP contribution in [0.4, 0.5) is 10.1 Å². The molecule has 4 nitrogen and oxygen atoms in total. The van der Waals surface area contributed by atoms with Crippen LogP contribution in [-0.2, 0) is 0 Å². The van der Waals surface area contributed by atoms with E-state index in [4.69, 9.17) is 5.26 Å². The van der Waals surface area contributed by atoms with Crippen LogP contribution in [0.1, 0.15) is 15.9 Å². The first-order chi connectivity index (χ1) is 8.69. The van der Waals surface area contributed by atoms with Gasteiger partial charge in [-0.1, -0.05) is 0 Å². The molecule has 0 radical (unpaired) electrons. The molecule has 2 rings (SSSR count). The zero-order valence-corrected chi connectivity index (χ0v) is 9.22. The molecule has 1 amide bonds. The number of aromatic nitrogens is 1. The molecule has 1 heterocycles. The summed E-state index contributed by atoms with van der Waals surface area (Å²) in [6, 6.07) is 8.74. The average Bonchev–Trinajstić information content (AvgIpc) is 2.41. The number of amides is 1. The highest BCUT2D eigenvalue weighted by Gasteiger charge is 2.07. The first kappa shape index (κ1) is 11.7. The van der Waals surface area contributed by atoms with Gasteiger partial charge in [0.15, 0.2) is 0 Å². The third-order valence-corrected chi connectivity index (χ3v) is 2.23. The molecule has 0 unspecified atom stereocenters. The Morgan fingerprint density at radius 3 is 2.67 bits per heavy atom. The maximum Gasteiger partial charge on any atom is 0.257 e. The summed E-state index contributed by atoms with van der Waals surface area (Å²) in [6.45, 7) is 0. The van der Waals surface area contributed by atoms with E-state index in [9.17, 15) is 9.18 Å². The molecule has 88 valence electrons.